The monoisotopic (exact) mass is 552 g/mol. The summed E-state index contributed by atoms with van der Waals surface area (Å²) in [6.45, 7) is 0. The van der Waals surface area contributed by atoms with Gasteiger partial charge in [0, 0.05) is 25.7 Å². The third-order valence-electron chi connectivity index (χ3n) is 4.34. The smallest absolute Gasteiger partial charge is 0.330 e. The number of hydrogen-bond acceptors (Lipinski definition) is 14. The molecule has 0 bridgehead atoms. The van der Waals surface area contributed by atoms with Gasteiger partial charge < -0.3 is 52.8 Å². The van der Waals surface area contributed by atoms with E-state index >= 15 is 0 Å². The van der Waals surface area contributed by atoms with Gasteiger partial charge in [0.05, 0.1) is 0 Å². The zero-order valence-corrected chi connectivity index (χ0v) is 20.1. The van der Waals surface area contributed by atoms with Crippen molar-refractivity contribution in [1.82, 2.24) is 0 Å². The van der Waals surface area contributed by atoms with E-state index < -0.39 is 84.8 Å². The van der Waals surface area contributed by atoms with Crippen LogP contribution in [0.5, 0.6) is 0 Å². The van der Waals surface area contributed by atoms with E-state index in [1.807, 2.05) is 0 Å². The molecule has 18 nitrogen and oxygen atoms in total. The zero-order chi connectivity index (χ0) is 30.0. The molecule has 0 aromatic rings. The van der Waals surface area contributed by atoms with E-state index in [1.54, 1.807) is 0 Å². The van der Waals surface area contributed by atoms with Crippen LogP contribution in [0.3, 0.4) is 0 Å². The maximum atomic E-state index is 11.6. The van der Waals surface area contributed by atoms with Crippen molar-refractivity contribution in [1.29, 1.82) is 0 Å². The summed E-state index contributed by atoms with van der Waals surface area (Å²) in [6.07, 6.45) is -2.22. The number of rotatable bonds is 16. The van der Waals surface area contributed by atoms with Crippen LogP contribution >= 0.6 is 0 Å². The summed E-state index contributed by atoms with van der Waals surface area (Å²) in [7, 11) is 0. The molecule has 0 saturated carbocycles. The Morgan fingerprint density at radius 2 is 0.763 bits per heavy atom. The molecule has 216 valence electrons. The molecular formula is C20H32N4O14. The highest BCUT2D eigenvalue weighted by Gasteiger charge is 2.23. The molecule has 0 aliphatic rings. The number of carboxylic acid groups (broad SMARTS) is 4. The predicted molar refractivity (Wildman–Crippen MR) is 122 cm³/mol. The summed E-state index contributed by atoms with van der Waals surface area (Å²) in [5.41, 5.74) is 20.9. The van der Waals surface area contributed by atoms with Gasteiger partial charge in [0.1, 0.15) is 24.2 Å². The topological polar surface area (TPSA) is 340 Å². The number of nitrogens with two attached hydrogens (primary N) is 4. The second-order valence-corrected chi connectivity index (χ2v) is 7.63. The summed E-state index contributed by atoms with van der Waals surface area (Å²) in [5, 5.41) is 33.4. The fourth-order valence-corrected chi connectivity index (χ4v) is 2.06. The molecule has 0 aliphatic heterocycles. The highest BCUT2D eigenvalue weighted by molar-refractivity contribution is 5.89. The Labute approximate surface area is 215 Å². The molecule has 18 heteroatoms. The van der Waals surface area contributed by atoms with Gasteiger partial charge >= 0.3 is 47.8 Å². The zero-order valence-electron chi connectivity index (χ0n) is 20.1. The van der Waals surface area contributed by atoms with E-state index in [0.717, 1.165) is 0 Å². The normalized spacial score (nSPS) is 13.4. The van der Waals surface area contributed by atoms with Gasteiger partial charge in [0.2, 0.25) is 0 Å². The molecule has 0 unspecified atom stereocenters. The Morgan fingerprint density at radius 1 is 0.474 bits per heavy atom. The molecule has 0 aromatic carbocycles. The van der Waals surface area contributed by atoms with Gasteiger partial charge in [-0.15, -0.1) is 0 Å². The average molecular weight is 552 g/mol. The van der Waals surface area contributed by atoms with Gasteiger partial charge in [-0.1, -0.05) is 0 Å². The number of ether oxygens (including phenoxy) is 2. The fraction of sp³-hybridized carbons (Fsp3) is 0.600. The van der Waals surface area contributed by atoms with Crippen molar-refractivity contribution in [2.24, 2.45) is 22.9 Å². The van der Waals surface area contributed by atoms with E-state index in [4.69, 9.17) is 43.4 Å². The van der Waals surface area contributed by atoms with Gasteiger partial charge in [-0.2, -0.15) is 0 Å². The molecule has 0 spiro atoms. The molecule has 38 heavy (non-hydrogen) atoms. The molecule has 0 heterocycles. The van der Waals surface area contributed by atoms with E-state index in [9.17, 15) is 38.4 Å². The summed E-state index contributed by atoms with van der Waals surface area (Å²) < 4.78 is 8.81. The number of carbonyl (C=O) groups excluding carboxylic acids is 4. The van der Waals surface area contributed by atoms with Crippen LogP contribution in [0.4, 0.5) is 0 Å². The molecule has 0 aromatic heterocycles. The lowest BCUT2D eigenvalue weighted by atomic mass is 10.1. The summed E-state index contributed by atoms with van der Waals surface area (Å²) in [6, 6.07) is -4.97. The molecule has 0 aliphatic carbocycles. The van der Waals surface area contributed by atoms with Gasteiger partial charge in [0.25, 0.3) is 0 Å². The minimum atomic E-state index is -1.36. The number of carboxylic acids is 4. The minimum absolute atomic E-state index is 0.0231. The standard InChI is InChI=1S/C15H23N3O10.C5H9NO4/c16-7(13(22)23)1-4-10(19)27-11(20)6-3-9(18)15(26)28-12(21)5-2-8(17)14(24)25;6-3(5(9)10)1-2-4(7)8/h7-9H,1-6,16-18H2,(H,22,23)(H,24,25);3H,1-2,6H2,(H,7,8)(H,9,10)/t7-,8-,9-;3-/m00/s1. The summed E-state index contributed by atoms with van der Waals surface area (Å²) in [4.78, 5) is 86.7. The number of hydrogen-bond donors (Lipinski definition) is 8. The highest BCUT2D eigenvalue weighted by atomic mass is 16.6. The maximum absolute atomic E-state index is 11.6. The highest BCUT2D eigenvalue weighted by Crippen LogP contribution is 2.05. The maximum Gasteiger partial charge on any atom is 0.330 e. The van der Waals surface area contributed by atoms with Crippen molar-refractivity contribution < 1.29 is 68.3 Å². The van der Waals surface area contributed by atoms with Crippen LogP contribution in [-0.4, -0.2) is 92.3 Å². The van der Waals surface area contributed by atoms with Crippen LogP contribution in [0.1, 0.15) is 51.4 Å². The first-order chi connectivity index (χ1) is 17.5. The second-order valence-electron chi connectivity index (χ2n) is 7.63. The first-order valence-electron chi connectivity index (χ1n) is 10.9. The van der Waals surface area contributed by atoms with Crippen molar-refractivity contribution in [3.63, 3.8) is 0 Å². The van der Waals surface area contributed by atoms with Gasteiger partial charge in [-0.3, -0.25) is 33.6 Å². The Bertz CT molecular complexity index is 878. The molecule has 0 radical (unpaired) electrons. The molecule has 0 amide bonds. The SMILES string of the molecule is N[C@@H](CCC(=O)O)C(=O)O.N[C@@H](CCC(=O)OC(=O)CC[C@H](N)C(=O)OC(=O)CC[C@H](N)C(=O)O)C(=O)O. The van der Waals surface area contributed by atoms with Gasteiger partial charge in [0.15, 0.2) is 0 Å². The fourth-order valence-electron chi connectivity index (χ4n) is 2.06. The van der Waals surface area contributed by atoms with Gasteiger partial charge in [-0.05, 0) is 25.7 Å². The lowest BCUT2D eigenvalue weighted by Gasteiger charge is -2.11. The van der Waals surface area contributed by atoms with Crippen LogP contribution in [0.2, 0.25) is 0 Å². The van der Waals surface area contributed by atoms with Gasteiger partial charge in [-0.25, -0.2) is 4.79 Å². The van der Waals surface area contributed by atoms with E-state index in [-0.39, 0.29) is 38.5 Å². The van der Waals surface area contributed by atoms with E-state index in [0.29, 0.717) is 0 Å². The van der Waals surface area contributed by atoms with Crippen LogP contribution in [0, 0.1) is 0 Å². The molecule has 0 fully saturated rings. The second kappa shape index (κ2) is 19.2. The Morgan fingerprint density at radius 3 is 1.08 bits per heavy atom. The Hall–Kier alpha value is -4.00. The molecule has 0 saturated heterocycles. The quantitative estimate of drug-likeness (QED) is 0.0692. The number of carbonyl (C=O) groups is 8. The lowest BCUT2D eigenvalue weighted by molar-refractivity contribution is -0.161. The third kappa shape index (κ3) is 19.2. The molecule has 4 atom stereocenters. The summed E-state index contributed by atoms with van der Waals surface area (Å²) in [5.74, 6) is -8.96. The number of esters is 4. The van der Waals surface area contributed by atoms with Crippen LogP contribution in [0.15, 0.2) is 0 Å². The molecular weight excluding hydrogens is 520 g/mol. The Balaban J connectivity index is 0. The number of aliphatic carboxylic acids is 4. The minimum Gasteiger partial charge on any atom is -0.481 e. The third-order valence-corrected chi connectivity index (χ3v) is 4.34. The largest absolute Gasteiger partial charge is 0.481 e. The van der Waals surface area contributed by atoms with Crippen molar-refractivity contribution in [3.8, 4) is 0 Å². The van der Waals surface area contributed by atoms with Crippen LogP contribution in [-0.2, 0) is 47.8 Å². The lowest BCUT2D eigenvalue weighted by Crippen LogP contribution is -2.35. The molecule has 12 N–H and O–H groups in total. The van der Waals surface area contributed by atoms with Crippen molar-refractivity contribution in [3.05, 3.63) is 0 Å². The van der Waals surface area contributed by atoms with Crippen LogP contribution < -0.4 is 22.9 Å². The first kappa shape index (κ1) is 36.2. The van der Waals surface area contributed by atoms with Crippen molar-refractivity contribution in [2.45, 2.75) is 75.5 Å². The average Bonchev–Trinajstić information content (AvgIpc) is 2.82. The van der Waals surface area contributed by atoms with Crippen LogP contribution in [0.25, 0.3) is 0 Å². The van der Waals surface area contributed by atoms with Crippen molar-refractivity contribution >= 4 is 47.8 Å². The van der Waals surface area contributed by atoms with E-state index in [2.05, 4.69) is 9.47 Å². The van der Waals surface area contributed by atoms with Crippen molar-refractivity contribution in [2.75, 3.05) is 0 Å². The summed E-state index contributed by atoms with van der Waals surface area (Å²) >= 11 is 0. The first-order valence-corrected chi connectivity index (χ1v) is 10.9. The predicted octanol–water partition coefficient (Wildman–Crippen LogP) is -3.12. The van der Waals surface area contributed by atoms with E-state index in [1.165, 1.54) is 0 Å². The molecule has 0 rings (SSSR count). The Kier molecular flexibility index (Phi) is 18.2.